The maximum absolute atomic E-state index is 13.2. The molecule has 0 radical (unpaired) electrons. The van der Waals surface area contributed by atoms with Crippen LogP contribution in [-0.4, -0.2) is 58.5 Å². The molecular formula is C20H34N2O3. The zero-order valence-corrected chi connectivity index (χ0v) is 15.9. The lowest BCUT2D eigenvalue weighted by Gasteiger charge is -2.40. The Morgan fingerprint density at radius 3 is 2.56 bits per heavy atom. The first-order chi connectivity index (χ1) is 11.8. The van der Waals surface area contributed by atoms with Crippen LogP contribution >= 0.6 is 0 Å². The summed E-state index contributed by atoms with van der Waals surface area (Å²) >= 11 is 0. The number of rotatable bonds is 4. The van der Waals surface area contributed by atoms with E-state index in [1.165, 1.54) is 46.0 Å². The molecule has 1 aliphatic carbocycles. The fourth-order valence-corrected chi connectivity index (χ4v) is 4.99. The van der Waals surface area contributed by atoms with Gasteiger partial charge in [-0.2, -0.15) is 0 Å². The number of likely N-dealkylation sites (tertiary alicyclic amines) is 2. The molecule has 5 nitrogen and oxygen atoms in total. The smallest absolute Gasteiger partial charge is 0.253 e. The first-order valence-corrected chi connectivity index (χ1v) is 10.1. The Morgan fingerprint density at radius 2 is 1.88 bits per heavy atom. The van der Waals surface area contributed by atoms with Gasteiger partial charge in [0.1, 0.15) is 5.60 Å². The zero-order valence-electron chi connectivity index (χ0n) is 15.9. The van der Waals surface area contributed by atoms with Crippen molar-refractivity contribution in [2.24, 2.45) is 11.3 Å². The van der Waals surface area contributed by atoms with Crippen molar-refractivity contribution in [1.82, 2.24) is 9.80 Å². The Kier molecular flexibility index (Phi) is 5.42. The normalized spacial score (nSPS) is 28.8. The molecule has 1 saturated carbocycles. The number of aliphatic hydroxyl groups is 1. The second kappa shape index (κ2) is 7.26. The lowest BCUT2D eigenvalue weighted by Crippen LogP contribution is -2.52. The quantitative estimate of drug-likeness (QED) is 0.848. The first kappa shape index (κ1) is 18.7. The largest absolute Gasteiger partial charge is 0.381 e. The van der Waals surface area contributed by atoms with E-state index >= 15 is 0 Å². The van der Waals surface area contributed by atoms with E-state index in [1.807, 2.05) is 0 Å². The standard InChI is InChI=1S/C20H34N2O3/c1-19(2,25)17(23)22-14-11-20(15-22)10-6-12-21(18(20)24)13-9-16-7-4-3-5-8-16/h16,25H,3-15H2,1-2H3/t20-/m0/s1. The van der Waals surface area contributed by atoms with Gasteiger partial charge in [-0.15, -0.1) is 0 Å². The van der Waals surface area contributed by atoms with Gasteiger partial charge in [0.2, 0.25) is 5.91 Å². The highest BCUT2D eigenvalue weighted by molar-refractivity contribution is 5.88. The molecule has 2 heterocycles. The van der Waals surface area contributed by atoms with Crippen molar-refractivity contribution in [3.05, 3.63) is 0 Å². The van der Waals surface area contributed by atoms with Crippen LogP contribution in [0.2, 0.25) is 0 Å². The number of piperidine rings is 1. The predicted octanol–water partition coefficient (Wildman–Crippen LogP) is 2.57. The number of carbonyl (C=O) groups excluding carboxylic acids is 2. The van der Waals surface area contributed by atoms with Crippen molar-refractivity contribution < 1.29 is 14.7 Å². The minimum atomic E-state index is -1.36. The summed E-state index contributed by atoms with van der Waals surface area (Å²) in [5.41, 5.74) is -1.75. The average Bonchev–Trinajstić information content (AvgIpc) is 3.01. The summed E-state index contributed by atoms with van der Waals surface area (Å²) in [6.45, 7) is 5.87. The third kappa shape index (κ3) is 4.02. The number of carbonyl (C=O) groups is 2. The monoisotopic (exact) mass is 350 g/mol. The van der Waals surface area contributed by atoms with Crippen LogP contribution in [0.4, 0.5) is 0 Å². The molecule has 2 amide bonds. The van der Waals surface area contributed by atoms with Gasteiger partial charge >= 0.3 is 0 Å². The molecule has 142 valence electrons. The lowest BCUT2D eigenvalue weighted by molar-refractivity contribution is -0.150. The maximum atomic E-state index is 13.2. The van der Waals surface area contributed by atoms with Gasteiger partial charge in [0.15, 0.2) is 0 Å². The molecule has 1 atom stereocenters. The van der Waals surface area contributed by atoms with E-state index in [-0.39, 0.29) is 11.8 Å². The average molecular weight is 351 g/mol. The summed E-state index contributed by atoms with van der Waals surface area (Å²) in [6, 6.07) is 0. The first-order valence-electron chi connectivity index (χ1n) is 10.1. The van der Waals surface area contributed by atoms with Crippen LogP contribution in [-0.2, 0) is 9.59 Å². The molecule has 0 aromatic rings. The van der Waals surface area contributed by atoms with E-state index in [9.17, 15) is 14.7 Å². The Hall–Kier alpha value is -1.10. The highest BCUT2D eigenvalue weighted by Crippen LogP contribution is 2.41. The van der Waals surface area contributed by atoms with E-state index in [4.69, 9.17) is 0 Å². The summed E-state index contributed by atoms with van der Waals surface area (Å²) in [7, 11) is 0. The van der Waals surface area contributed by atoms with Crippen LogP contribution in [0.5, 0.6) is 0 Å². The molecule has 0 aromatic carbocycles. The van der Waals surface area contributed by atoms with Crippen molar-refractivity contribution in [3.8, 4) is 0 Å². The summed E-state index contributed by atoms with van der Waals surface area (Å²) in [6.07, 6.45) is 10.5. The molecule has 0 unspecified atom stereocenters. The maximum Gasteiger partial charge on any atom is 0.253 e. The van der Waals surface area contributed by atoms with Crippen molar-refractivity contribution in [2.75, 3.05) is 26.2 Å². The summed E-state index contributed by atoms with van der Waals surface area (Å²) in [5.74, 6) is 0.786. The van der Waals surface area contributed by atoms with E-state index in [1.54, 1.807) is 4.90 Å². The second-order valence-electron chi connectivity index (χ2n) is 9.00. The molecule has 3 fully saturated rings. The van der Waals surface area contributed by atoms with Crippen LogP contribution in [0.3, 0.4) is 0 Å². The number of hydrogen-bond donors (Lipinski definition) is 1. The lowest BCUT2D eigenvalue weighted by atomic mass is 9.78. The summed E-state index contributed by atoms with van der Waals surface area (Å²) in [5, 5.41) is 9.99. The SMILES string of the molecule is CC(C)(O)C(=O)N1CC[C@@]2(CCCN(CCC3CCCCC3)C2=O)C1. The molecule has 1 spiro atoms. The van der Waals surface area contributed by atoms with Crippen LogP contribution in [0.15, 0.2) is 0 Å². The predicted molar refractivity (Wildman–Crippen MR) is 96.9 cm³/mol. The van der Waals surface area contributed by atoms with Gasteiger partial charge in [-0.3, -0.25) is 9.59 Å². The molecule has 3 aliphatic rings. The molecule has 1 N–H and O–H groups in total. The molecule has 2 saturated heterocycles. The Morgan fingerprint density at radius 1 is 1.16 bits per heavy atom. The fraction of sp³-hybridized carbons (Fsp3) is 0.900. The van der Waals surface area contributed by atoms with Gasteiger partial charge in [-0.1, -0.05) is 32.1 Å². The third-order valence-corrected chi connectivity index (χ3v) is 6.52. The van der Waals surface area contributed by atoms with Crippen molar-refractivity contribution >= 4 is 11.8 Å². The van der Waals surface area contributed by atoms with Gasteiger partial charge in [-0.05, 0) is 45.4 Å². The minimum absolute atomic E-state index is 0.251. The van der Waals surface area contributed by atoms with Gasteiger partial charge in [0.25, 0.3) is 5.91 Å². The molecule has 3 rings (SSSR count). The highest BCUT2D eigenvalue weighted by Gasteiger charge is 2.50. The van der Waals surface area contributed by atoms with Gasteiger partial charge in [0, 0.05) is 26.2 Å². The second-order valence-corrected chi connectivity index (χ2v) is 9.00. The summed E-state index contributed by atoms with van der Waals surface area (Å²) < 4.78 is 0. The Labute approximate surface area is 151 Å². The van der Waals surface area contributed by atoms with Gasteiger partial charge in [-0.25, -0.2) is 0 Å². The van der Waals surface area contributed by atoms with Crippen LogP contribution < -0.4 is 0 Å². The van der Waals surface area contributed by atoms with Crippen molar-refractivity contribution in [3.63, 3.8) is 0 Å². The number of nitrogens with zero attached hydrogens (tertiary/aromatic N) is 2. The molecular weight excluding hydrogens is 316 g/mol. The van der Waals surface area contributed by atoms with Crippen LogP contribution in [0, 0.1) is 11.3 Å². The van der Waals surface area contributed by atoms with Gasteiger partial charge < -0.3 is 14.9 Å². The highest BCUT2D eigenvalue weighted by atomic mass is 16.3. The molecule has 0 aromatic heterocycles. The van der Waals surface area contributed by atoms with Crippen LogP contribution in [0.25, 0.3) is 0 Å². The fourth-order valence-electron chi connectivity index (χ4n) is 4.99. The number of hydrogen-bond acceptors (Lipinski definition) is 3. The van der Waals surface area contributed by atoms with Crippen molar-refractivity contribution in [2.45, 2.75) is 77.2 Å². The van der Waals surface area contributed by atoms with E-state index in [0.717, 1.165) is 44.7 Å². The van der Waals surface area contributed by atoms with E-state index < -0.39 is 11.0 Å². The topological polar surface area (TPSA) is 60.9 Å². The summed E-state index contributed by atoms with van der Waals surface area (Å²) in [4.78, 5) is 29.3. The molecule has 0 bridgehead atoms. The third-order valence-electron chi connectivity index (χ3n) is 6.52. The van der Waals surface area contributed by atoms with E-state index in [2.05, 4.69) is 4.90 Å². The molecule has 25 heavy (non-hydrogen) atoms. The van der Waals surface area contributed by atoms with Crippen molar-refractivity contribution in [1.29, 1.82) is 0 Å². The molecule has 2 aliphatic heterocycles. The molecule has 5 heteroatoms. The Bertz CT molecular complexity index is 508. The Balaban J connectivity index is 1.59. The van der Waals surface area contributed by atoms with E-state index in [0.29, 0.717) is 13.1 Å². The minimum Gasteiger partial charge on any atom is -0.381 e. The van der Waals surface area contributed by atoms with Crippen LogP contribution in [0.1, 0.15) is 71.6 Å². The van der Waals surface area contributed by atoms with Gasteiger partial charge in [0.05, 0.1) is 5.41 Å². The number of amides is 2. The zero-order chi connectivity index (χ0) is 18.1.